The number of rotatable bonds is 1. The van der Waals surface area contributed by atoms with Gasteiger partial charge in [-0.05, 0) is 31.7 Å². The Balaban J connectivity index is 1.74. The van der Waals surface area contributed by atoms with Gasteiger partial charge in [0.05, 0.1) is 5.52 Å². The molecule has 0 aliphatic carbocycles. The predicted octanol–water partition coefficient (Wildman–Crippen LogP) is 1.67. The second-order valence-corrected chi connectivity index (χ2v) is 6.32. The van der Waals surface area contributed by atoms with Gasteiger partial charge in [0, 0.05) is 30.6 Å². The molecule has 5 nitrogen and oxygen atoms in total. The first-order chi connectivity index (χ1) is 10.1. The summed E-state index contributed by atoms with van der Waals surface area (Å²) in [5.41, 5.74) is 7.68. The van der Waals surface area contributed by atoms with Gasteiger partial charge in [0.1, 0.15) is 0 Å². The van der Waals surface area contributed by atoms with Crippen molar-refractivity contribution in [1.82, 2.24) is 14.7 Å². The second kappa shape index (κ2) is 4.56. The van der Waals surface area contributed by atoms with Crippen molar-refractivity contribution in [3.05, 3.63) is 30.0 Å². The van der Waals surface area contributed by atoms with Crippen molar-refractivity contribution in [3.8, 4) is 0 Å². The number of para-hydroxylation sites is 1. The molecule has 2 saturated heterocycles. The first-order valence-electron chi connectivity index (χ1n) is 7.65. The first-order valence-corrected chi connectivity index (χ1v) is 7.65. The van der Waals surface area contributed by atoms with Gasteiger partial charge in [-0.15, -0.1) is 0 Å². The number of aryl methyl sites for hydroxylation is 1. The molecule has 0 radical (unpaired) electrons. The van der Waals surface area contributed by atoms with E-state index < -0.39 is 0 Å². The molecule has 4 rings (SSSR count). The first kappa shape index (κ1) is 12.8. The summed E-state index contributed by atoms with van der Waals surface area (Å²) >= 11 is 0. The Morgan fingerprint density at radius 1 is 1.24 bits per heavy atom. The predicted molar refractivity (Wildman–Crippen MR) is 80.9 cm³/mol. The molecule has 0 saturated carbocycles. The molecule has 2 N–H and O–H groups in total. The smallest absolute Gasteiger partial charge is 0.275 e. The third-order valence-corrected chi connectivity index (χ3v) is 4.96. The van der Waals surface area contributed by atoms with Crippen LogP contribution in [0.15, 0.2) is 24.3 Å². The van der Waals surface area contributed by atoms with E-state index in [2.05, 4.69) is 10.00 Å². The Labute approximate surface area is 123 Å². The third kappa shape index (κ3) is 1.87. The van der Waals surface area contributed by atoms with Crippen molar-refractivity contribution in [3.63, 3.8) is 0 Å². The molecule has 2 aliphatic rings. The maximum Gasteiger partial charge on any atom is 0.275 e. The van der Waals surface area contributed by atoms with Gasteiger partial charge in [0.15, 0.2) is 5.69 Å². The Hall–Kier alpha value is -1.88. The average Bonchev–Trinajstić information content (AvgIpc) is 2.95. The number of nitrogens with two attached hydrogens (primary N) is 1. The van der Waals surface area contributed by atoms with E-state index in [1.165, 1.54) is 0 Å². The van der Waals surface area contributed by atoms with Crippen LogP contribution in [0.25, 0.3) is 10.9 Å². The molecule has 2 unspecified atom stereocenters. The van der Waals surface area contributed by atoms with Gasteiger partial charge in [-0.2, -0.15) is 5.10 Å². The summed E-state index contributed by atoms with van der Waals surface area (Å²) in [6.07, 6.45) is 4.00. The standard InChI is InChI=1S/C16H20N4O/c1-19-14-5-3-2-4-13(14)15(18-19)16(21)20-11-6-7-12(20)9-10(17)8-11/h2-5,10-12H,6-9,17H2,1H3. The Morgan fingerprint density at radius 3 is 2.62 bits per heavy atom. The van der Waals surface area contributed by atoms with E-state index in [0.29, 0.717) is 17.8 Å². The zero-order chi connectivity index (χ0) is 14.6. The van der Waals surface area contributed by atoms with Crippen LogP contribution in [0.1, 0.15) is 36.2 Å². The quantitative estimate of drug-likeness (QED) is 0.866. The van der Waals surface area contributed by atoms with Crippen LogP contribution in [-0.2, 0) is 7.05 Å². The lowest BCUT2D eigenvalue weighted by Gasteiger charge is -2.37. The summed E-state index contributed by atoms with van der Waals surface area (Å²) < 4.78 is 1.79. The highest BCUT2D eigenvalue weighted by atomic mass is 16.2. The van der Waals surface area contributed by atoms with Crippen LogP contribution >= 0.6 is 0 Å². The van der Waals surface area contributed by atoms with Gasteiger partial charge < -0.3 is 10.6 Å². The van der Waals surface area contributed by atoms with Crippen molar-refractivity contribution in [2.24, 2.45) is 12.8 Å². The van der Waals surface area contributed by atoms with Crippen LogP contribution in [0, 0.1) is 0 Å². The molecule has 0 spiro atoms. The molecule has 1 amide bonds. The van der Waals surface area contributed by atoms with Crippen molar-refractivity contribution < 1.29 is 4.79 Å². The van der Waals surface area contributed by atoms with E-state index in [1.807, 2.05) is 31.3 Å². The third-order valence-electron chi connectivity index (χ3n) is 4.96. The molecule has 110 valence electrons. The molecule has 21 heavy (non-hydrogen) atoms. The van der Waals surface area contributed by atoms with Crippen molar-refractivity contribution in [2.45, 2.75) is 43.8 Å². The molecule has 1 aromatic carbocycles. The van der Waals surface area contributed by atoms with Crippen LogP contribution < -0.4 is 5.73 Å². The van der Waals surface area contributed by atoms with Crippen LogP contribution in [0.3, 0.4) is 0 Å². The molecule has 2 fully saturated rings. The summed E-state index contributed by atoms with van der Waals surface area (Å²) in [6.45, 7) is 0. The molecule has 3 heterocycles. The highest BCUT2D eigenvalue weighted by Crippen LogP contribution is 2.36. The van der Waals surface area contributed by atoms with Gasteiger partial charge in [-0.25, -0.2) is 0 Å². The fraction of sp³-hybridized carbons (Fsp3) is 0.500. The minimum absolute atomic E-state index is 0.0752. The molecule has 2 aliphatic heterocycles. The average molecular weight is 284 g/mol. The summed E-state index contributed by atoms with van der Waals surface area (Å²) in [6, 6.07) is 8.75. The minimum atomic E-state index is 0.0752. The molecular weight excluding hydrogens is 264 g/mol. The maximum absolute atomic E-state index is 13.0. The van der Waals surface area contributed by atoms with E-state index >= 15 is 0 Å². The highest BCUT2D eigenvalue weighted by Gasteiger charge is 2.43. The normalized spacial score (nSPS) is 28.3. The lowest BCUT2D eigenvalue weighted by Crippen LogP contribution is -2.50. The molecule has 2 bridgehead atoms. The zero-order valence-electron chi connectivity index (χ0n) is 12.2. The van der Waals surface area contributed by atoms with Gasteiger partial charge in [0.2, 0.25) is 0 Å². The molecule has 2 aromatic rings. The van der Waals surface area contributed by atoms with Crippen LogP contribution in [0.2, 0.25) is 0 Å². The summed E-state index contributed by atoms with van der Waals surface area (Å²) in [5, 5.41) is 5.42. The van der Waals surface area contributed by atoms with E-state index in [9.17, 15) is 4.79 Å². The van der Waals surface area contributed by atoms with Gasteiger partial charge in [-0.1, -0.05) is 18.2 Å². The summed E-state index contributed by atoms with van der Waals surface area (Å²) in [4.78, 5) is 15.1. The number of hydrogen-bond donors (Lipinski definition) is 1. The van der Waals surface area contributed by atoms with Crippen molar-refractivity contribution in [1.29, 1.82) is 0 Å². The fourth-order valence-electron chi connectivity index (χ4n) is 4.04. The van der Waals surface area contributed by atoms with Gasteiger partial charge in [-0.3, -0.25) is 9.48 Å². The number of nitrogens with zero attached hydrogens (tertiary/aromatic N) is 3. The minimum Gasteiger partial charge on any atom is -0.331 e. The van der Waals surface area contributed by atoms with Crippen LogP contribution in [-0.4, -0.2) is 38.7 Å². The lowest BCUT2D eigenvalue weighted by molar-refractivity contribution is 0.0570. The lowest BCUT2D eigenvalue weighted by atomic mass is 9.97. The van der Waals surface area contributed by atoms with E-state index in [0.717, 1.165) is 36.6 Å². The van der Waals surface area contributed by atoms with Crippen molar-refractivity contribution >= 4 is 16.8 Å². The zero-order valence-corrected chi connectivity index (χ0v) is 12.2. The monoisotopic (exact) mass is 284 g/mol. The fourth-order valence-corrected chi connectivity index (χ4v) is 4.04. The second-order valence-electron chi connectivity index (χ2n) is 6.32. The number of carbonyl (C=O) groups excluding carboxylic acids is 1. The topological polar surface area (TPSA) is 64.2 Å². The van der Waals surface area contributed by atoms with Crippen LogP contribution in [0.4, 0.5) is 0 Å². The van der Waals surface area contributed by atoms with E-state index in [-0.39, 0.29) is 11.9 Å². The van der Waals surface area contributed by atoms with E-state index in [4.69, 9.17) is 5.73 Å². The van der Waals surface area contributed by atoms with E-state index in [1.54, 1.807) is 4.68 Å². The SMILES string of the molecule is Cn1nc(C(=O)N2C3CCC2CC(N)C3)c2ccccc21. The van der Waals surface area contributed by atoms with Crippen LogP contribution in [0.5, 0.6) is 0 Å². The molecule has 2 atom stereocenters. The van der Waals surface area contributed by atoms with Crippen molar-refractivity contribution in [2.75, 3.05) is 0 Å². The number of fused-ring (bicyclic) bond motifs is 3. The van der Waals surface area contributed by atoms with Gasteiger partial charge in [0.25, 0.3) is 5.91 Å². The molecule has 1 aromatic heterocycles. The number of benzene rings is 1. The number of amides is 1. The number of carbonyl (C=O) groups is 1. The summed E-state index contributed by atoms with van der Waals surface area (Å²) in [7, 11) is 1.89. The number of hydrogen-bond acceptors (Lipinski definition) is 3. The Kier molecular flexibility index (Phi) is 2.79. The number of aromatic nitrogens is 2. The summed E-state index contributed by atoms with van der Waals surface area (Å²) in [5.74, 6) is 0.0752. The van der Waals surface area contributed by atoms with Gasteiger partial charge >= 0.3 is 0 Å². The number of piperidine rings is 1. The molecular formula is C16H20N4O. The highest BCUT2D eigenvalue weighted by molar-refractivity contribution is 6.05. The largest absolute Gasteiger partial charge is 0.331 e. The Bertz CT molecular complexity index is 693. The Morgan fingerprint density at radius 2 is 1.90 bits per heavy atom. The molecule has 5 heteroatoms. The maximum atomic E-state index is 13.0.